The van der Waals surface area contributed by atoms with Gasteiger partial charge in [0, 0.05) is 18.8 Å². The van der Waals surface area contributed by atoms with Crippen molar-refractivity contribution in [2.24, 2.45) is 4.99 Å². The average Bonchev–Trinajstić information content (AvgIpc) is 3.04. The van der Waals surface area contributed by atoms with Crippen molar-refractivity contribution in [1.82, 2.24) is 5.32 Å². The maximum Gasteiger partial charge on any atom is 0.264 e. The quantitative estimate of drug-likeness (QED) is 0.776. The summed E-state index contributed by atoms with van der Waals surface area (Å²) < 4.78 is 0. The zero-order chi connectivity index (χ0) is 18.6. The largest absolute Gasteiger partial charge is 0.372 e. The first-order valence-corrected chi connectivity index (χ1v) is 10.2. The normalized spacial score (nSPS) is 20.3. The van der Waals surface area contributed by atoms with E-state index < -0.39 is 0 Å². The minimum atomic E-state index is -0.0903. The van der Waals surface area contributed by atoms with E-state index in [1.165, 1.54) is 36.7 Å². The first kappa shape index (κ1) is 17.9. The zero-order valence-corrected chi connectivity index (χ0v) is 16.3. The predicted molar refractivity (Wildman–Crippen MR) is 114 cm³/mol. The Morgan fingerprint density at radius 3 is 2.52 bits per heavy atom. The summed E-state index contributed by atoms with van der Waals surface area (Å²) in [5.74, 6) is -0.0903. The van der Waals surface area contributed by atoms with E-state index in [2.05, 4.69) is 39.5 Å². The summed E-state index contributed by atoms with van der Waals surface area (Å²) >= 11 is 1.39. The average molecular weight is 378 g/mol. The molecule has 2 aliphatic heterocycles. The highest BCUT2D eigenvalue weighted by Gasteiger charge is 2.24. The lowest BCUT2D eigenvalue weighted by molar-refractivity contribution is -0.115. The van der Waals surface area contributed by atoms with Gasteiger partial charge in [0.05, 0.1) is 10.6 Å². The van der Waals surface area contributed by atoms with Crippen LogP contribution in [0, 0.1) is 6.92 Å². The summed E-state index contributed by atoms with van der Waals surface area (Å²) in [6, 6.07) is 16.4. The number of piperidine rings is 1. The fourth-order valence-electron chi connectivity index (χ4n) is 3.36. The van der Waals surface area contributed by atoms with Gasteiger partial charge in [0.25, 0.3) is 5.91 Å². The number of anilines is 1. The van der Waals surface area contributed by atoms with Crippen molar-refractivity contribution >= 4 is 40.3 Å². The monoisotopic (exact) mass is 377 g/mol. The number of carbonyl (C=O) groups excluding carboxylic acids is 1. The second kappa shape index (κ2) is 8.01. The molecule has 0 bridgehead atoms. The van der Waals surface area contributed by atoms with Gasteiger partial charge in [-0.3, -0.25) is 4.79 Å². The van der Waals surface area contributed by atoms with Crippen molar-refractivity contribution in [3.8, 4) is 0 Å². The van der Waals surface area contributed by atoms with E-state index in [9.17, 15) is 4.79 Å². The standard InChI is InChI=1S/C22H23N3OS/c1-16-7-3-4-8-19(16)23-22-24-21(26)20(27-22)15-17-9-11-18(12-10-17)25-13-5-2-6-14-25/h3-4,7-12,15H,2,5-6,13-14H2,1H3,(H,23,24,26)/b20-15-. The van der Waals surface area contributed by atoms with E-state index >= 15 is 0 Å². The van der Waals surface area contributed by atoms with Crippen molar-refractivity contribution in [2.75, 3.05) is 18.0 Å². The molecule has 2 aliphatic rings. The Labute approximate surface area is 164 Å². The Bertz CT molecular complexity index is 896. The van der Waals surface area contributed by atoms with Crippen molar-refractivity contribution in [1.29, 1.82) is 0 Å². The van der Waals surface area contributed by atoms with Crippen LogP contribution in [0.2, 0.25) is 0 Å². The molecule has 5 heteroatoms. The summed E-state index contributed by atoms with van der Waals surface area (Å²) in [5, 5.41) is 3.49. The Morgan fingerprint density at radius 2 is 1.78 bits per heavy atom. The Morgan fingerprint density at radius 1 is 1.04 bits per heavy atom. The number of carbonyl (C=O) groups is 1. The van der Waals surface area contributed by atoms with Crippen LogP contribution in [-0.2, 0) is 4.79 Å². The van der Waals surface area contributed by atoms with Crippen molar-refractivity contribution in [3.63, 3.8) is 0 Å². The highest BCUT2D eigenvalue weighted by molar-refractivity contribution is 8.18. The predicted octanol–water partition coefficient (Wildman–Crippen LogP) is 4.88. The minimum Gasteiger partial charge on any atom is -0.372 e. The summed E-state index contributed by atoms with van der Waals surface area (Å²) in [4.78, 5) is 20.0. The first-order valence-electron chi connectivity index (χ1n) is 9.39. The van der Waals surface area contributed by atoms with Gasteiger partial charge in [-0.15, -0.1) is 0 Å². The van der Waals surface area contributed by atoms with E-state index in [1.807, 2.05) is 37.3 Å². The molecule has 0 saturated carbocycles. The summed E-state index contributed by atoms with van der Waals surface area (Å²) in [7, 11) is 0. The third-order valence-electron chi connectivity index (χ3n) is 4.90. The lowest BCUT2D eigenvalue weighted by Crippen LogP contribution is -2.29. The third kappa shape index (κ3) is 4.25. The number of hydrogen-bond donors (Lipinski definition) is 1. The molecule has 0 spiro atoms. The molecule has 138 valence electrons. The van der Waals surface area contributed by atoms with Gasteiger partial charge in [-0.1, -0.05) is 30.3 Å². The molecule has 4 nitrogen and oxygen atoms in total. The fourth-order valence-corrected chi connectivity index (χ4v) is 4.20. The highest BCUT2D eigenvalue weighted by atomic mass is 32.2. The van der Waals surface area contributed by atoms with Crippen LogP contribution < -0.4 is 10.2 Å². The molecule has 2 aromatic rings. The Hall–Kier alpha value is -2.53. The molecule has 0 aliphatic carbocycles. The van der Waals surface area contributed by atoms with Crippen LogP contribution in [0.3, 0.4) is 0 Å². The van der Waals surface area contributed by atoms with Gasteiger partial charge < -0.3 is 10.2 Å². The molecule has 0 radical (unpaired) electrons. The van der Waals surface area contributed by atoms with Crippen LogP contribution in [0.4, 0.5) is 11.4 Å². The van der Waals surface area contributed by atoms with Crippen LogP contribution in [0.15, 0.2) is 58.4 Å². The lowest BCUT2D eigenvalue weighted by atomic mass is 10.1. The maximum absolute atomic E-state index is 12.3. The molecule has 2 saturated heterocycles. The second-order valence-electron chi connectivity index (χ2n) is 6.91. The number of benzene rings is 2. The van der Waals surface area contributed by atoms with Crippen molar-refractivity contribution in [2.45, 2.75) is 26.2 Å². The summed E-state index contributed by atoms with van der Waals surface area (Å²) in [6.07, 6.45) is 5.80. The van der Waals surface area contributed by atoms with Gasteiger partial charge in [-0.05, 0) is 73.4 Å². The number of para-hydroxylation sites is 1. The Kier molecular flexibility index (Phi) is 5.30. The van der Waals surface area contributed by atoms with E-state index in [0.717, 1.165) is 29.9 Å². The molecule has 0 atom stereocenters. The van der Waals surface area contributed by atoms with E-state index in [4.69, 9.17) is 0 Å². The van der Waals surface area contributed by atoms with Crippen LogP contribution in [0.5, 0.6) is 0 Å². The van der Waals surface area contributed by atoms with Gasteiger partial charge in [0.1, 0.15) is 0 Å². The number of hydrogen-bond acceptors (Lipinski definition) is 4. The number of nitrogens with zero attached hydrogens (tertiary/aromatic N) is 2. The first-order chi connectivity index (χ1) is 13.2. The molecule has 1 amide bonds. The zero-order valence-electron chi connectivity index (χ0n) is 15.4. The number of aryl methyl sites for hydroxylation is 1. The SMILES string of the molecule is Cc1ccccc1N=C1NC(=O)/C(=C/c2ccc(N3CCCCC3)cc2)S1. The van der Waals surface area contributed by atoms with Crippen molar-refractivity contribution in [3.05, 3.63) is 64.6 Å². The molecule has 27 heavy (non-hydrogen) atoms. The lowest BCUT2D eigenvalue weighted by Gasteiger charge is -2.28. The van der Waals surface area contributed by atoms with Gasteiger partial charge in [-0.25, -0.2) is 4.99 Å². The third-order valence-corrected chi connectivity index (χ3v) is 5.81. The number of amidine groups is 1. The number of thioether (sulfide) groups is 1. The van der Waals surface area contributed by atoms with Crippen LogP contribution in [0.25, 0.3) is 6.08 Å². The summed E-state index contributed by atoms with van der Waals surface area (Å²) in [6.45, 7) is 4.29. The molecular weight excluding hydrogens is 354 g/mol. The Balaban J connectivity index is 1.49. The highest BCUT2D eigenvalue weighted by Crippen LogP contribution is 2.29. The molecule has 4 rings (SSSR count). The van der Waals surface area contributed by atoms with E-state index in [0.29, 0.717) is 10.1 Å². The minimum absolute atomic E-state index is 0.0903. The van der Waals surface area contributed by atoms with Gasteiger partial charge in [-0.2, -0.15) is 0 Å². The smallest absolute Gasteiger partial charge is 0.264 e. The topological polar surface area (TPSA) is 44.7 Å². The molecule has 2 heterocycles. The van der Waals surface area contributed by atoms with Gasteiger partial charge >= 0.3 is 0 Å². The van der Waals surface area contributed by atoms with Crippen LogP contribution in [-0.4, -0.2) is 24.2 Å². The molecule has 0 aromatic heterocycles. The van der Waals surface area contributed by atoms with Crippen LogP contribution in [0.1, 0.15) is 30.4 Å². The molecule has 2 fully saturated rings. The molecular formula is C22H23N3OS. The number of aliphatic imine (C=N–C) groups is 1. The van der Waals surface area contributed by atoms with Gasteiger partial charge in [0.2, 0.25) is 0 Å². The second-order valence-corrected chi connectivity index (χ2v) is 7.94. The molecule has 1 N–H and O–H groups in total. The fraction of sp³-hybridized carbons (Fsp3) is 0.273. The molecule has 0 unspecified atom stereocenters. The number of amides is 1. The van der Waals surface area contributed by atoms with E-state index in [1.54, 1.807) is 0 Å². The van der Waals surface area contributed by atoms with Gasteiger partial charge in [0.15, 0.2) is 5.17 Å². The maximum atomic E-state index is 12.3. The van der Waals surface area contributed by atoms with Crippen molar-refractivity contribution < 1.29 is 4.79 Å². The summed E-state index contributed by atoms with van der Waals surface area (Å²) in [5.41, 5.74) is 4.27. The number of nitrogens with one attached hydrogen (secondary N) is 1. The number of rotatable bonds is 3. The molecule has 2 aromatic carbocycles. The van der Waals surface area contributed by atoms with Crippen LogP contribution >= 0.6 is 11.8 Å². The van der Waals surface area contributed by atoms with E-state index in [-0.39, 0.29) is 5.91 Å².